The number of rotatable bonds is 6. The van der Waals surface area contributed by atoms with Gasteiger partial charge in [-0.05, 0) is 24.3 Å². The Hall–Kier alpha value is -2.02. The molecule has 0 saturated heterocycles. The third-order valence-corrected chi connectivity index (χ3v) is 3.22. The van der Waals surface area contributed by atoms with Crippen LogP contribution in [0, 0.1) is 0 Å². The van der Waals surface area contributed by atoms with Crippen molar-refractivity contribution >= 4 is 23.4 Å². The van der Waals surface area contributed by atoms with Gasteiger partial charge >= 0.3 is 5.97 Å². The van der Waals surface area contributed by atoms with Crippen molar-refractivity contribution in [1.82, 2.24) is 0 Å². The van der Waals surface area contributed by atoms with Gasteiger partial charge in [-0.15, -0.1) is 0 Å². The van der Waals surface area contributed by atoms with Crippen LogP contribution in [0.5, 0.6) is 0 Å². The van der Waals surface area contributed by atoms with Crippen molar-refractivity contribution in [1.29, 1.82) is 0 Å². The number of para-hydroxylation sites is 1. The van der Waals surface area contributed by atoms with Crippen LogP contribution in [0.15, 0.2) is 45.7 Å². The first-order valence-electron chi connectivity index (χ1n) is 5.66. The molecule has 0 atom stereocenters. The minimum Gasteiger partial charge on any atom is -0.475 e. The number of halogens is 2. The molecule has 1 heterocycles. The summed E-state index contributed by atoms with van der Waals surface area (Å²) in [6.45, 7) is 0.216. The third kappa shape index (κ3) is 3.74. The molecule has 0 aliphatic rings. The van der Waals surface area contributed by atoms with E-state index in [1.807, 2.05) is 0 Å². The maximum absolute atomic E-state index is 12.4. The molecule has 106 valence electrons. The minimum atomic E-state index is -2.50. The Bertz CT molecular complexity index is 601. The van der Waals surface area contributed by atoms with Gasteiger partial charge in [0, 0.05) is 10.6 Å². The first-order valence-corrected chi connectivity index (χ1v) is 6.54. The Morgan fingerprint density at radius 2 is 2.05 bits per heavy atom. The van der Waals surface area contributed by atoms with Crippen LogP contribution in [0.25, 0.3) is 0 Å². The average molecular weight is 299 g/mol. The SMILES string of the molecule is O=C(O)c1ccc(CNc2ccccc2SC(F)F)o1. The van der Waals surface area contributed by atoms with Gasteiger partial charge in [0.2, 0.25) is 5.76 Å². The van der Waals surface area contributed by atoms with Gasteiger partial charge in [-0.2, -0.15) is 8.78 Å². The van der Waals surface area contributed by atoms with Crippen LogP contribution < -0.4 is 5.32 Å². The number of nitrogens with one attached hydrogen (secondary N) is 1. The molecule has 20 heavy (non-hydrogen) atoms. The number of thioether (sulfide) groups is 1. The first kappa shape index (κ1) is 14.4. The van der Waals surface area contributed by atoms with Crippen molar-refractivity contribution in [2.75, 3.05) is 5.32 Å². The lowest BCUT2D eigenvalue weighted by atomic mass is 10.3. The zero-order chi connectivity index (χ0) is 14.5. The van der Waals surface area contributed by atoms with Crippen LogP contribution in [-0.2, 0) is 6.54 Å². The van der Waals surface area contributed by atoms with E-state index >= 15 is 0 Å². The van der Waals surface area contributed by atoms with Crippen LogP contribution in [0.2, 0.25) is 0 Å². The number of anilines is 1. The monoisotopic (exact) mass is 299 g/mol. The number of carboxylic acid groups (broad SMARTS) is 1. The fourth-order valence-corrected chi connectivity index (χ4v) is 2.20. The van der Waals surface area contributed by atoms with E-state index in [9.17, 15) is 13.6 Å². The molecular weight excluding hydrogens is 288 g/mol. The highest BCUT2D eigenvalue weighted by Crippen LogP contribution is 2.31. The van der Waals surface area contributed by atoms with E-state index in [-0.39, 0.29) is 12.3 Å². The molecule has 1 aromatic carbocycles. The van der Waals surface area contributed by atoms with Gasteiger partial charge in [-0.25, -0.2) is 4.79 Å². The van der Waals surface area contributed by atoms with Crippen LogP contribution in [0.3, 0.4) is 0 Å². The van der Waals surface area contributed by atoms with Crippen molar-refractivity contribution in [3.63, 3.8) is 0 Å². The number of carboxylic acids is 1. The van der Waals surface area contributed by atoms with E-state index in [2.05, 4.69) is 5.32 Å². The fourth-order valence-electron chi connectivity index (χ4n) is 1.58. The molecule has 0 saturated carbocycles. The van der Waals surface area contributed by atoms with Gasteiger partial charge < -0.3 is 14.8 Å². The molecule has 0 spiro atoms. The summed E-state index contributed by atoms with van der Waals surface area (Å²) in [7, 11) is 0. The Kier molecular flexibility index (Phi) is 4.62. The second-order valence-electron chi connectivity index (χ2n) is 3.80. The zero-order valence-electron chi connectivity index (χ0n) is 10.2. The Morgan fingerprint density at radius 1 is 1.30 bits per heavy atom. The van der Waals surface area contributed by atoms with Crippen LogP contribution in [0.1, 0.15) is 16.3 Å². The first-order chi connectivity index (χ1) is 9.56. The summed E-state index contributed by atoms with van der Waals surface area (Å²) in [6, 6.07) is 9.53. The van der Waals surface area contributed by atoms with Gasteiger partial charge in [-0.1, -0.05) is 23.9 Å². The highest BCUT2D eigenvalue weighted by molar-refractivity contribution is 7.99. The van der Waals surface area contributed by atoms with E-state index in [1.165, 1.54) is 12.1 Å². The smallest absolute Gasteiger partial charge is 0.371 e. The molecule has 0 amide bonds. The van der Waals surface area contributed by atoms with E-state index in [0.717, 1.165) is 0 Å². The van der Waals surface area contributed by atoms with Crippen LogP contribution in [-0.4, -0.2) is 16.8 Å². The standard InChI is InChI=1S/C13H11F2NO3S/c14-13(15)20-11-4-2-1-3-9(11)16-7-8-5-6-10(19-8)12(17)18/h1-6,13,16H,7H2,(H,17,18). The highest BCUT2D eigenvalue weighted by atomic mass is 32.2. The van der Waals surface area contributed by atoms with Gasteiger partial charge in [-0.3, -0.25) is 0 Å². The van der Waals surface area contributed by atoms with E-state index < -0.39 is 11.7 Å². The number of carbonyl (C=O) groups is 1. The lowest BCUT2D eigenvalue weighted by Crippen LogP contribution is -2.00. The van der Waals surface area contributed by atoms with Crippen molar-refractivity contribution in [3.8, 4) is 0 Å². The van der Waals surface area contributed by atoms with Crippen LogP contribution in [0.4, 0.5) is 14.5 Å². The molecule has 0 fully saturated rings. The Morgan fingerprint density at radius 3 is 2.70 bits per heavy atom. The molecule has 0 bridgehead atoms. The van der Waals surface area contributed by atoms with Gasteiger partial charge in [0.1, 0.15) is 5.76 Å². The molecule has 0 radical (unpaired) electrons. The molecule has 0 aliphatic heterocycles. The summed E-state index contributed by atoms with van der Waals surface area (Å²) in [5.74, 6) is -3.39. The molecule has 7 heteroatoms. The van der Waals surface area contributed by atoms with Gasteiger partial charge in [0.15, 0.2) is 0 Å². The highest BCUT2D eigenvalue weighted by Gasteiger charge is 2.11. The van der Waals surface area contributed by atoms with Crippen molar-refractivity contribution in [2.24, 2.45) is 0 Å². The summed E-state index contributed by atoms with van der Waals surface area (Å²) in [5, 5.41) is 11.7. The summed E-state index contributed by atoms with van der Waals surface area (Å²) in [5.41, 5.74) is 0.547. The van der Waals surface area contributed by atoms with Crippen molar-refractivity contribution in [3.05, 3.63) is 47.9 Å². The number of aromatic carboxylic acids is 1. The maximum atomic E-state index is 12.4. The normalized spacial score (nSPS) is 10.8. The van der Waals surface area contributed by atoms with E-state index in [1.54, 1.807) is 24.3 Å². The topological polar surface area (TPSA) is 62.5 Å². The number of alkyl halides is 2. The molecule has 4 nitrogen and oxygen atoms in total. The fraction of sp³-hybridized carbons (Fsp3) is 0.154. The van der Waals surface area contributed by atoms with Crippen molar-refractivity contribution < 1.29 is 23.1 Å². The molecular formula is C13H11F2NO3S. The average Bonchev–Trinajstić information content (AvgIpc) is 2.86. The molecule has 0 unspecified atom stereocenters. The van der Waals surface area contributed by atoms with E-state index in [4.69, 9.17) is 9.52 Å². The molecule has 0 aliphatic carbocycles. The second kappa shape index (κ2) is 6.42. The number of hydrogen-bond acceptors (Lipinski definition) is 4. The van der Waals surface area contributed by atoms with Gasteiger partial charge in [0.25, 0.3) is 5.76 Å². The second-order valence-corrected chi connectivity index (χ2v) is 4.83. The van der Waals surface area contributed by atoms with Crippen LogP contribution >= 0.6 is 11.8 Å². The number of benzene rings is 1. The Labute approximate surface area is 117 Å². The third-order valence-electron chi connectivity index (χ3n) is 2.43. The summed E-state index contributed by atoms with van der Waals surface area (Å²) < 4.78 is 29.9. The summed E-state index contributed by atoms with van der Waals surface area (Å²) in [6.07, 6.45) is 0. The molecule has 2 aromatic rings. The Balaban J connectivity index is 2.04. The predicted molar refractivity (Wildman–Crippen MR) is 71.3 cm³/mol. The zero-order valence-corrected chi connectivity index (χ0v) is 11.0. The quantitative estimate of drug-likeness (QED) is 0.792. The summed E-state index contributed by atoms with van der Waals surface area (Å²) in [4.78, 5) is 11.1. The largest absolute Gasteiger partial charge is 0.475 e. The number of furan rings is 1. The minimum absolute atomic E-state index is 0.156. The molecule has 1 aromatic heterocycles. The van der Waals surface area contributed by atoms with E-state index in [0.29, 0.717) is 28.1 Å². The summed E-state index contributed by atoms with van der Waals surface area (Å²) >= 11 is 0.450. The lowest BCUT2D eigenvalue weighted by molar-refractivity contribution is 0.0660. The lowest BCUT2D eigenvalue weighted by Gasteiger charge is -2.10. The molecule has 2 N–H and O–H groups in total. The maximum Gasteiger partial charge on any atom is 0.371 e. The predicted octanol–water partition coefficient (Wildman–Crippen LogP) is 3.90. The van der Waals surface area contributed by atoms with Gasteiger partial charge in [0.05, 0.1) is 6.54 Å². The van der Waals surface area contributed by atoms with Crippen molar-refractivity contribution in [2.45, 2.75) is 17.2 Å². The number of hydrogen-bond donors (Lipinski definition) is 2. The molecule has 2 rings (SSSR count).